The summed E-state index contributed by atoms with van der Waals surface area (Å²) in [6.07, 6.45) is 4.03. The maximum atomic E-state index is 12.3. The second kappa shape index (κ2) is 3.19. The van der Waals surface area contributed by atoms with Crippen LogP contribution in [0.2, 0.25) is 0 Å². The van der Waals surface area contributed by atoms with Crippen LogP contribution in [0.5, 0.6) is 0 Å². The van der Waals surface area contributed by atoms with E-state index < -0.39 is 22.7 Å². The minimum Gasteiger partial charge on any atom is -0.296 e. The molecule has 6 nitrogen and oxygen atoms in total. The largest absolute Gasteiger partial charge is 0.296 e. The van der Waals surface area contributed by atoms with E-state index in [9.17, 15) is 19.2 Å². The van der Waals surface area contributed by atoms with Gasteiger partial charge in [0.25, 0.3) is 0 Å². The molecule has 0 unspecified atom stereocenters. The Balaban J connectivity index is 1.74. The maximum absolute atomic E-state index is 12.3. The summed E-state index contributed by atoms with van der Waals surface area (Å²) < 4.78 is 0. The maximum Gasteiger partial charge on any atom is 0.231 e. The quantitative estimate of drug-likeness (QED) is 0.470. The molecule has 0 aromatic heterocycles. The number of allylic oxidation sites excluding steroid dienone is 2. The Labute approximate surface area is 126 Å². The Hall–Kier alpha value is -1.98. The van der Waals surface area contributed by atoms with E-state index in [-0.39, 0.29) is 47.3 Å². The van der Waals surface area contributed by atoms with E-state index in [0.717, 1.165) is 0 Å². The monoisotopic (exact) mass is 300 g/mol. The SMILES string of the molecule is C[C@@]12C=C[C@](C)([C@H]3[C@H]4C(=O)NC(=O)[C@@H]4[C@@H]31)[C@H]1C(=O)NC(=O)[C@@H]12. The first-order valence-electron chi connectivity index (χ1n) is 7.70. The van der Waals surface area contributed by atoms with Crippen LogP contribution in [0.15, 0.2) is 12.2 Å². The van der Waals surface area contributed by atoms with E-state index in [1.165, 1.54) is 0 Å². The van der Waals surface area contributed by atoms with Crippen LogP contribution in [0, 0.1) is 46.3 Å². The number of carbonyl (C=O) groups is 4. The molecule has 2 saturated heterocycles. The second-order valence-electron chi connectivity index (χ2n) is 7.83. The van der Waals surface area contributed by atoms with Crippen molar-refractivity contribution in [1.29, 1.82) is 0 Å². The lowest BCUT2D eigenvalue weighted by molar-refractivity contribution is -0.206. The second-order valence-corrected chi connectivity index (χ2v) is 7.83. The Kier molecular flexibility index (Phi) is 1.82. The number of fused-ring (bicyclic) bond motifs is 1. The van der Waals surface area contributed by atoms with Crippen LogP contribution in [0.1, 0.15) is 13.8 Å². The molecular weight excluding hydrogens is 284 g/mol. The highest BCUT2D eigenvalue weighted by Gasteiger charge is 2.79. The topological polar surface area (TPSA) is 92.3 Å². The van der Waals surface area contributed by atoms with Crippen molar-refractivity contribution in [3.8, 4) is 0 Å². The third kappa shape index (κ3) is 0.979. The van der Waals surface area contributed by atoms with Gasteiger partial charge in [-0.05, 0) is 11.8 Å². The number of nitrogens with one attached hydrogen (secondary N) is 2. The van der Waals surface area contributed by atoms with Crippen LogP contribution in [-0.4, -0.2) is 23.6 Å². The summed E-state index contributed by atoms with van der Waals surface area (Å²) in [5.74, 6) is -2.56. The fourth-order valence-electron chi connectivity index (χ4n) is 6.30. The van der Waals surface area contributed by atoms with E-state index in [1.54, 1.807) is 0 Å². The van der Waals surface area contributed by atoms with Gasteiger partial charge in [0.05, 0.1) is 23.7 Å². The third-order valence-corrected chi connectivity index (χ3v) is 7.12. The van der Waals surface area contributed by atoms with E-state index in [4.69, 9.17) is 0 Å². The normalized spacial score (nSPS) is 57.0. The van der Waals surface area contributed by atoms with Crippen LogP contribution < -0.4 is 10.6 Å². The molecule has 0 aromatic rings. The molecule has 2 saturated carbocycles. The fraction of sp³-hybridized carbons (Fsp3) is 0.625. The number of amides is 4. The average molecular weight is 300 g/mol. The molecule has 6 aliphatic rings. The standard InChI is InChI=1S/C16H16N2O4/c1-15-3-4-16(2,10-9(15)13(21)18-14(10)22)8-6-5(7(8)15)11(19)17-12(6)20/h3-10H,1-2H3,(H,17,19,20)(H,18,21,22)/t5-,6-,7-,8-,9+,10+,15+,16+/m0/s1. The predicted molar refractivity (Wildman–Crippen MR) is 72.6 cm³/mol. The van der Waals surface area contributed by atoms with Gasteiger partial charge < -0.3 is 0 Å². The molecule has 0 aromatic carbocycles. The van der Waals surface area contributed by atoms with Crippen molar-refractivity contribution in [3.63, 3.8) is 0 Å². The minimum atomic E-state index is -0.535. The number of hydrogen-bond donors (Lipinski definition) is 2. The third-order valence-electron chi connectivity index (χ3n) is 7.12. The first-order valence-corrected chi connectivity index (χ1v) is 7.70. The summed E-state index contributed by atoms with van der Waals surface area (Å²) in [5, 5.41) is 4.90. The van der Waals surface area contributed by atoms with Crippen LogP contribution in [-0.2, 0) is 19.2 Å². The molecule has 0 spiro atoms. The lowest BCUT2D eigenvalue weighted by Crippen LogP contribution is -2.70. The molecule has 6 heteroatoms. The summed E-state index contributed by atoms with van der Waals surface area (Å²) in [7, 11) is 0. The molecule has 6 rings (SSSR count). The lowest BCUT2D eigenvalue weighted by atomic mass is 9.31. The Bertz CT molecular complexity index is 670. The molecule has 4 fully saturated rings. The molecule has 114 valence electrons. The van der Waals surface area contributed by atoms with Crippen molar-refractivity contribution in [2.45, 2.75) is 13.8 Å². The van der Waals surface area contributed by atoms with Crippen molar-refractivity contribution < 1.29 is 19.2 Å². The van der Waals surface area contributed by atoms with E-state index >= 15 is 0 Å². The average Bonchev–Trinajstić information content (AvgIpc) is 2.80. The smallest absolute Gasteiger partial charge is 0.231 e. The van der Waals surface area contributed by atoms with Gasteiger partial charge in [-0.2, -0.15) is 0 Å². The first kappa shape index (κ1) is 12.6. The van der Waals surface area contributed by atoms with Gasteiger partial charge in [0, 0.05) is 10.8 Å². The van der Waals surface area contributed by atoms with Gasteiger partial charge in [0.2, 0.25) is 23.6 Å². The molecule has 4 amide bonds. The van der Waals surface area contributed by atoms with Gasteiger partial charge >= 0.3 is 0 Å². The summed E-state index contributed by atoms with van der Waals surface area (Å²) in [6, 6.07) is 0. The highest BCUT2D eigenvalue weighted by molar-refractivity contribution is 6.09. The minimum absolute atomic E-state index is 0.0446. The van der Waals surface area contributed by atoms with Crippen LogP contribution in [0.3, 0.4) is 0 Å². The highest BCUT2D eigenvalue weighted by Crippen LogP contribution is 2.75. The Morgan fingerprint density at radius 3 is 1.50 bits per heavy atom. The van der Waals surface area contributed by atoms with E-state index in [0.29, 0.717) is 0 Å². The zero-order valence-electron chi connectivity index (χ0n) is 12.3. The Morgan fingerprint density at radius 2 is 1.09 bits per heavy atom. The molecule has 2 heterocycles. The fourth-order valence-corrected chi connectivity index (χ4v) is 6.30. The van der Waals surface area contributed by atoms with Crippen LogP contribution in [0.4, 0.5) is 0 Å². The van der Waals surface area contributed by atoms with Crippen molar-refractivity contribution in [3.05, 3.63) is 12.2 Å². The number of rotatable bonds is 0. The van der Waals surface area contributed by atoms with Gasteiger partial charge in [0.1, 0.15) is 0 Å². The van der Waals surface area contributed by atoms with E-state index in [1.807, 2.05) is 26.0 Å². The van der Waals surface area contributed by atoms with Gasteiger partial charge in [0.15, 0.2) is 0 Å². The molecule has 22 heavy (non-hydrogen) atoms. The summed E-state index contributed by atoms with van der Waals surface area (Å²) in [5.41, 5.74) is -1.07. The Morgan fingerprint density at radius 1 is 0.727 bits per heavy atom. The van der Waals surface area contributed by atoms with Gasteiger partial charge in [-0.3, -0.25) is 29.8 Å². The highest BCUT2D eigenvalue weighted by atomic mass is 16.2. The van der Waals surface area contributed by atoms with Gasteiger partial charge in [-0.15, -0.1) is 0 Å². The van der Waals surface area contributed by atoms with Crippen molar-refractivity contribution in [2.24, 2.45) is 46.3 Å². The van der Waals surface area contributed by atoms with Crippen molar-refractivity contribution >= 4 is 23.6 Å². The lowest BCUT2D eigenvalue weighted by Gasteiger charge is -2.69. The molecule has 2 bridgehead atoms. The molecule has 4 aliphatic carbocycles. The van der Waals surface area contributed by atoms with Crippen LogP contribution >= 0.6 is 0 Å². The van der Waals surface area contributed by atoms with Crippen molar-refractivity contribution in [1.82, 2.24) is 10.6 Å². The summed E-state index contributed by atoms with van der Waals surface area (Å²) in [6.45, 7) is 3.92. The molecule has 8 atom stereocenters. The number of imide groups is 2. The molecule has 2 N–H and O–H groups in total. The van der Waals surface area contributed by atoms with E-state index in [2.05, 4.69) is 10.6 Å². The number of hydrogen-bond acceptors (Lipinski definition) is 4. The van der Waals surface area contributed by atoms with Crippen molar-refractivity contribution in [2.75, 3.05) is 0 Å². The van der Waals surface area contributed by atoms with Gasteiger partial charge in [-0.25, -0.2) is 0 Å². The number of carbonyl (C=O) groups excluding carboxylic acids is 4. The summed E-state index contributed by atoms with van der Waals surface area (Å²) in [4.78, 5) is 49.0. The predicted octanol–water partition coefficient (Wildman–Crippen LogP) is -0.394. The first-order chi connectivity index (χ1) is 10.3. The van der Waals surface area contributed by atoms with Gasteiger partial charge in [-0.1, -0.05) is 26.0 Å². The zero-order chi connectivity index (χ0) is 15.6. The molecular formula is C16H16N2O4. The molecule has 0 radical (unpaired) electrons. The van der Waals surface area contributed by atoms with Crippen LogP contribution in [0.25, 0.3) is 0 Å². The molecule has 2 aliphatic heterocycles. The summed E-state index contributed by atoms with van der Waals surface area (Å²) >= 11 is 0. The zero-order valence-corrected chi connectivity index (χ0v) is 12.3.